The standard InChI is InChI=1S/10CH3.Ni/h10*1H3;/q10*-1;. The molecule has 11 heavy (non-hydrogen) atoms. The first kappa shape index (κ1) is 5200. The van der Waals surface area contributed by atoms with Crippen molar-refractivity contribution in [3.05, 3.63) is 74.3 Å². The minimum atomic E-state index is 0. The maximum atomic E-state index is 0. The molecule has 0 rings (SSSR count). The van der Waals surface area contributed by atoms with Crippen LogP contribution in [0.15, 0.2) is 0 Å². The van der Waals surface area contributed by atoms with Crippen molar-refractivity contribution in [3.63, 3.8) is 0 Å². The summed E-state index contributed by atoms with van der Waals surface area (Å²) in [6.45, 7) is 0. The van der Waals surface area contributed by atoms with Gasteiger partial charge in [-0.25, -0.2) is 0 Å². The molecule has 0 saturated heterocycles. The molecule has 1 heteroatoms. The Balaban J connectivity index is 0. The van der Waals surface area contributed by atoms with E-state index >= 15 is 0 Å². The summed E-state index contributed by atoms with van der Waals surface area (Å²) < 4.78 is 0. The Morgan fingerprint density at radius 2 is 0.182 bits per heavy atom. The van der Waals surface area contributed by atoms with E-state index < -0.39 is 0 Å². The second-order valence-corrected chi connectivity index (χ2v) is 0. The van der Waals surface area contributed by atoms with E-state index in [0.29, 0.717) is 0 Å². The molecule has 0 heterocycles. The van der Waals surface area contributed by atoms with Crippen molar-refractivity contribution in [1.82, 2.24) is 0 Å². The van der Waals surface area contributed by atoms with E-state index in [-0.39, 0.29) is 90.8 Å². The smallest absolute Gasteiger partial charge is 0 e. The normalized spacial score (nSPS) is 0. The Labute approximate surface area is 91.1 Å². The SMILES string of the molecule is [CH3-].[CH3-].[CH3-].[CH3-].[CH3-].[CH3-].[CH3-].[CH3-].[CH3-].[CH3-].[Ni]. The van der Waals surface area contributed by atoms with Gasteiger partial charge in [-0.1, -0.05) is 0 Å². The molecule has 0 aliphatic rings. The summed E-state index contributed by atoms with van der Waals surface area (Å²) in [5.74, 6) is 0. The van der Waals surface area contributed by atoms with Gasteiger partial charge < -0.3 is 74.3 Å². The van der Waals surface area contributed by atoms with Gasteiger partial charge in [0.25, 0.3) is 0 Å². The molecule has 0 bridgehead atoms. The van der Waals surface area contributed by atoms with Crippen molar-refractivity contribution >= 4 is 0 Å². The summed E-state index contributed by atoms with van der Waals surface area (Å²) in [6.07, 6.45) is 0. The summed E-state index contributed by atoms with van der Waals surface area (Å²) in [5, 5.41) is 0. The molecule has 0 atom stereocenters. The molecule has 0 amide bonds. The van der Waals surface area contributed by atoms with Crippen LogP contribution < -0.4 is 0 Å². The fraction of sp³-hybridized carbons (Fsp3) is 0. The van der Waals surface area contributed by atoms with Crippen LogP contribution in [0.25, 0.3) is 0 Å². The Kier molecular flexibility index (Phi) is 1830000. The Hall–Kier alpha value is 0.494. The van der Waals surface area contributed by atoms with Gasteiger partial charge in [0.2, 0.25) is 0 Å². The van der Waals surface area contributed by atoms with E-state index in [1.807, 2.05) is 0 Å². The zero-order valence-corrected chi connectivity index (χ0v) is 11.3. The average molecular weight is 209 g/mol. The predicted octanol–water partition coefficient (Wildman–Crippen LogP) is 4.50. The minimum absolute atomic E-state index is 0. The van der Waals surface area contributed by atoms with Crippen LogP contribution in [-0.2, 0) is 16.5 Å². The monoisotopic (exact) mass is 208 g/mol. The Morgan fingerprint density at radius 3 is 0.182 bits per heavy atom. The second-order valence-electron chi connectivity index (χ2n) is 0. The van der Waals surface area contributed by atoms with Gasteiger partial charge in [0.1, 0.15) is 0 Å². The molecule has 0 aromatic heterocycles. The van der Waals surface area contributed by atoms with Gasteiger partial charge in [0, 0.05) is 16.5 Å². The van der Waals surface area contributed by atoms with Gasteiger partial charge in [0.05, 0.1) is 0 Å². The van der Waals surface area contributed by atoms with Gasteiger partial charge in [-0.05, 0) is 0 Å². The van der Waals surface area contributed by atoms with Gasteiger partial charge in [0.15, 0.2) is 0 Å². The van der Waals surface area contributed by atoms with Crippen molar-refractivity contribution in [2.24, 2.45) is 0 Å². The topological polar surface area (TPSA) is 0 Å². The summed E-state index contributed by atoms with van der Waals surface area (Å²) >= 11 is 0. The molecule has 0 aromatic rings. The van der Waals surface area contributed by atoms with E-state index in [2.05, 4.69) is 0 Å². The van der Waals surface area contributed by atoms with Crippen molar-refractivity contribution in [1.29, 1.82) is 0 Å². The van der Waals surface area contributed by atoms with E-state index in [4.69, 9.17) is 0 Å². The molecule has 0 fully saturated rings. The molecule has 0 spiro atoms. The van der Waals surface area contributed by atoms with E-state index in [1.54, 1.807) is 0 Å². The van der Waals surface area contributed by atoms with Crippen molar-refractivity contribution in [2.75, 3.05) is 0 Å². The summed E-state index contributed by atoms with van der Waals surface area (Å²) in [5.41, 5.74) is 0. The van der Waals surface area contributed by atoms with Crippen LogP contribution in [0.2, 0.25) is 0 Å². The Morgan fingerprint density at radius 1 is 0.182 bits per heavy atom. The molecule has 0 N–H and O–H groups in total. The van der Waals surface area contributed by atoms with Gasteiger partial charge in [-0.15, -0.1) is 0 Å². The first-order chi connectivity index (χ1) is 0. The first-order valence-electron chi connectivity index (χ1n) is 0. The summed E-state index contributed by atoms with van der Waals surface area (Å²) in [4.78, 5) is 0. The van der Waals surface area contributed by atoms with E-state index in [9.17, 15) is 0 Å². The molecule has 0 unspecified atom stereocenters. The zero-order valence-electron chi connectivity index (χ0n) is 10.3. The van der Waals surface area contributed by atoms with Crippen LogP contribution in [0, 0.1) is 74.3 Å². The first-order valence-corrected chi connectivity index (χ1v) is 0. The van der Waals surface area contributed by atoms with Crippen molar-refractivity contribution in [3.8, 4) is 0 Å². The summed E-state index contributed by atoms with van der Waals surface area (Å²) in [7, 11) is 0. The van der Waals surface area contributed by atoms with Crippen LogP contribution in [0.4, 0.5) is 0 Å². The quantitative estimate of drug-likeness (QED) is 0.407. The van der Waals surface area contributed by atoms with Crippen LogP contribution >= 0.6 is 0 Å². The molecule has 0 nitrogen and oxygen atoms in total. The van der Waals surface area contributed by atoms with Crippen LogP contribution in [0.3, 0.4) is 0 Å². The molecular weight excluding hydrogens is 179 g/mol. The van der Waals surface area contributed by atoms with E-state index in [1.165, 1.54) is 0 Å². The number of hydrogen-bond donors (Lipinski definition) is 0. The number of hydrogen-bond acceptors (Lipinski definition) is 0. The third-order valence-corrected chi connectivity index (χ3v) is 0. The van der Waals surface area contributed by atoms with Gasteiger partial charge in [-0.2, -0.15) is 0 Å². The van der Waals surface area contributed by atoms with Crippen LogP contribution in [0.1, 0.15) is 0 Å². The molecule has 0 aliphatic carbocycles. The molecule has 0 aliphatic heterocycles. The maximum absolute atomic E-state index is 0. The van der Waals surface area contributed by atoms with Crippen LogP contribution in [-0.4, -0.2) is 0 Å². The molecule has 0 saturated carbocycles. The van der Waals surface area contributed by atoms with Gasteiger partial charge >= 0.3 is 0 Å². The van der Waals surface area contributed by atoms with Gasteiger partial charge in [-0.3, -0.25) is 0 Å². The number of rotatable bonds is 0. The average Bonchev–Trinajstić information content (AvgIpc) is 0. The largest absolute Gasteiger partial charge is 0.358 e. The molecule has 90 valence electrons. The van der Waals surface area contributed by atoms with Crippen LogP contribution in [0.5, 0.6) is 0 Å². The van der Waals surface area contributed by atoms with Crippen molar-refractivity contribution in [2.45, 2.75) is 0 Å². The maximum Gasteiger partial charge on any atom is 0 e. The minimum Gasteiger partial charge on any atom is -0.358 e. The van der Waals surface area contributed by atoms with E-state index in [0.717, 1.165) is 0 Å². The molecular formula is C10H30Ni-10. The molecule has 0 radical (unpaired) electrons. The second kappa shape index (κ2) is 3880. The predicted molar refractivity (Wildman–Crippen MR) is 64.1 cm³/mol. The third-order valence-electron chi connectivity index (χ3n) is 0. The fourth-order valence-electron chi connectivity index (χ4n) is 0. The summed E-state index contributed by atoms with van der Waals surface area (Å²) in [6, 6.07) is 0. The molecule has 0 aromatic carbocycles. The Bertz CT molecular complexity index is 4.83. The van der Waals surface area contributed by atoms with Crippen molar-refractivity contribution < 1.29 is 16.5 Å². The third kappa shape index (κ3) is 3110. The zero-order chi connectivity index (χ0) is 0. The fourth-order valence-corrected chi connectivity index (χ4v) is 0.